The predicted molar refractivity (Wildman–Crippen MR) is 85.9 cm³/mol. The Morgan fingerprint density at radius 1 is 1.22 bits per heavy atom. The van der Waals surface area contributed by atoms with Crippen LogP contribution in [-0.2, 0) is 0 Å². The van der Waals surface area contributed by atoms with Crippen molar-refractivity contribution in [1.29, 1.82) is 0 Å². The molecule has 2 N–H and O–H groups in total. The summed E-state index contributed by atoms with van der Waals surface area (Å²) in [5, 5.41) is 19.8. The summed E-state index contributed by atoms with van der Waals surface area (Å²) in [7, 11) is 0. The SMILES string of the molecule is O=C(NCC1CCN(CCO)CC1)c1nnc2ccccc2n1. The van der Waals surface area contributed by atoms with Gasteiger partial charge in [0.15, 0.2) is 0 Å². The number of amides is 1. The first kappa shape index (κ1) is 15.8. The van der Waals surface area contributed by atoms with Gasteiger partial charge in [-0.25, -0.2) is 4.98 Å². The van der Waals surface area contributed by atoms with Crippen molar-refractivity contribution in [3.8, 4) is 0 Å². The van der Waals surface area contributed by atoms with Crippen LogP contribution < -0.4 is 5.32 Å². The van der Waals surface area contributed by atoms with Gasteiger partial charge >= 0.3 is 0 Å². The maximum absolute atomic E-state index is 12.2. The molecule has 1 saturated heterocycles. The van der Waals surface area contributed by atoms with Gasteiger partial charge in [-0.2, -0.15) is 0 Å². The standard InChI is InChI=1S/C16H21N5O2/c22-10-9-21-7-5-12(6-8-21)11-17-16(23)15-18-13-3-1-2-4-14(13)19-20-15/h1-4,12,22H,5-11H2,(H,17,23). The fourth-order valence-corrected chi connectivity index (χ4v) is 2.85. The van der Waals surface area contributed by atoms with Crippen molar-refractivity contribution in [2.24, 2.45) is 5.92 Å². The van der Waals surface area contributed by atoms with Crippen molar-refractivity contribution < 1.29 is 9.90 Å². The molecule has 0 unspecified atom stereocenters. The molecule has 1 aliphatic heterocycles. The van der Waals surface area contributed by atoms with Crippen molar-refractivity contribution in [2.45, 2.75) is 12.8 Å². The number of carbonyl (C=O) groups is 1. The topological polar surface area (TPSA) is 91.2 Å². The predicted octanol–water partition coefficient (Wildman–Crippen LogP) is 0.459. The second-order valence-electron chi connectivity index (χ2n) is 5.84. The van der Waals surface area contributed by atoms with Gasteiger partial charge in [-0.15, -0.1) is 10.2 Å². The van der Waals surface area contributed by atoms with Crippen LogP contribution >= 0.6 is 0 Å². The van der Waals surface area contributed by atoms with Gasteiger partial charge in [0, 0.05) is 13.1 Å². The zero-order valence-corrected chi connectivity index (χ0v) is 13.0. The molecule has 7 nitrogen and oxygen atoms in total. The van der Waals surface area contributed by atoms with Gasteiger partial charge in [0.25, 0.3) is 5.91 Å². The van der Waals surface area contributed by atoms with E-state index in [1.54, 1.807) is 0 Å². The Labute approximate surface area is 134 Å². The largest absolute Gasteiger partial charge is 0.395 e. The van der Waals surface area contributed by atoms with Gasteiger partial charge in [-0.1, -0.05) is 12.1 Å². The van der Waals surface area contributed by atoms with Crippen molar-refractivity contribution >= 4 is 16.9 Å². The van der Waals surface area contributed by atoms with Crippen molar-refractivity contribution in [2.75, 3.05) is 32.8 Å². The Morgan fingerprint density at radius 3 is 2.70 bits per heavy atom. The minimum Gasteiger partial charge on any atom is -0.395 e. The number of aromatic nitrogens is 3. The highest BCUT2D eigenvalue weighted by Crippen LogP contribution is 2.16. The van der Waals surface area contributed by atoms with Gasteiger partial charge in [0.1, 0.15) is 5.52 Å². The molecule has 0 saturated carbocycles. The molecule has 0 spiro atoms. The van der Waals surface area contributed by atoms with E-state index < -0.39 is 0 Å². The van der Waals surface area contributed by atoms with Gasteiger partial charge in [0.2, 0.25) is 5.82 Å². The average molecular weight is 315 g/mol. The fraction of sp³-hybridized carbons (Fsp3) is 0.500. The maximum Gasteiger partial charge on any atom is 0.291 e. The number of aliphatic hydroxyl groups is 1. The molecule has 23 heavy (non-hydrogen) atoms. The molecule has 0 bridgehead atoms. The first-order valence-electron chi connectivity index (χ1n) is 7.97. The summed E-state index contributed by atoms with van der Waals surface area (Å²) in [6.45, 7) is 3.50. The highest BCUT2D eigenvalue weighted by molar-refractivity contribution is 5.91. The fourth-order valence-electron chi connectivity index (χ4n) is 2.85. The first-order chi connectivity index (χ1) is 11.3. The number of benzene rings is 1. The number of rotatable bonds is 5. The molecule has 2 aromatic rings. The Morgan fingerprint density at radius 2 is 1.96 bits per heavy atom. The lowest BCUT2D eigenvalue weighted by atomic mass is 9.97. The lowest BCUT2D eigenvalue weighted by Crippen LogP contribution is -2.40. The second kappa shape index (κ2) is 7.43. The molecular weight excluding hydrogens is 294 g/mol. The quantitative estimate of drug-likeness (QED) is 0.833. The van der Waals surface area contributed by atoms with E-state index in [1.165, 1.54) is 0 Å². The number of aliphatic hydroxyl groups excluding tert-OH is 1. The number of hydrogen-bond acceptors (Lipinski definition) is 6. The smallest absolute Gasteiger partial charge is 0.291 e. The molecule has 122 valence electrons. The molecule has 3 rings (SSSR count). The summed E-state index contributed by atoms with van der Waals surface area (Å²) in [6, 6.07) is 7.36. The van der Waals surface area contributed by atoms with E-state index in [1.807, 2.05) is 24.3 Å². The number of piperidine rings is 1. The zero-order valence-electron chi connectivity index (χ0n) is 13.0. The van der Waals surface area contributed by atoms with E-state index in [2.05, 4.69) is 25.4 Å². The van der Waals surface area contributed by atoms with E-state index in [0.717, 1.165) is 32.5 Å². The summed E-state index contributed by atoms with van der Waals surface area (Å²) in [5.74, 6) is 0.296. The Bertz CT molecular complexity index is 670. The third-order valence-electron chi connectivity index (χ3n) is 4.24. The molecule has 1 aromatic carbocycles. The molecule has 0 radical (unpaired) electrons. The third-order valence-corrected chi connectivity index (χ3v) is 4.24. The van der Waals surface area contributed by atoms with Crippen LogP contribution in [0.3, 0.4) is 0 Å². The van der Waals surface area contributed by atoms with Crippen LogP contribution in [0.5, 0.6) is 0 Å². The van der Waals surface area contributed by atoms with E-state index in [9.17, 15) is 4.79 Å². The third kappa shape index (κ3) is 4.00. The molecule has 7 heteroatoms. The molecule has 1 fully saturated rings. The number of likely N-dealkylation sites (tertiary alicyclic amines) is 1. The van der Waals surface area contributed by atoms with Crippen molar-refractivity contribution in [1.82, 2.24) is 25.4 Å². The van der Waals surface area contributed by atoms with Crippen LogP contribution in [0.4, 0.5) is 0 Å². The minimum absolute atomic E-state index is 0.112. The number of nitrogens with one attached hydrogen (secondary N) is 1. The molecule has 1 aromatic heterocycles. The van der Waals surface area contributed by atoms with Crippen LogP contribution in [0.25, 0.3) is 11.0 Å². The Kier molecular flexibility index (Phi) is 5.09. The van der Waals surface area contributed by atoms with Crippen molar-refractivity contribution in [3.05, 3.63) is 30.1 Å². The van der Waals surface area contributed by atoms with E-state index in [-0.39, 0.29) is 18.3 Å². The van der Waals surface area contributed by atoms with Gasteiger partial charge in [-0.3, -0.25) is 4.79 Å². The lowest BCUT2D eigenvalue weighted by Gasteiger charge is -2.31. The van der Waals surface area contributed by atoms with E-state index >= 15 is 0 Å². The van der Waals surface area contributed by atoms with Gasteiger partial charge in [-0.05, 0) is 44.0 Å². The molecule has 1 aliphatic rings. The normalized spacial score (nSPS) is 16.6. The van der Waals surface area contributed by atoms with Crippen LogP contribution in [0.15, 0.2) is 24.3 Å². The summed E-state index contributed by atoms with van der Waals surface area (Å²) in [6.07, 6.45) is 2.05. The first-order valence-corrected chi connectivity index (χ1v) is 7.97. The summed E-state index contributed by atoms with van der Waals surface area (Å²) < 4.78 is 0. The van der Waals surface area contributed by atoms with E-state index in [0.29, 0.717) is 23.5 Å². The summed E-state index contributed by atoms with van der Waals surface area (Å²) in [4.78, 5) is 18.7. The van der Waals surface area contributed by atoms with Crippen LogP contribution in [0, 0.1) is 5.92 Å². The molecular formula is C16H21N5O2. The number of nitrogens with zero attached hydrogens (tertiary/aromatic N) is 4. The lowest BCUT2D eigenvalue weighted by molar-refractivity contribution is 0.0921. The van der Waals surface area contributed by atoms with Crippen LogP contribution in [0.1, 0.15) is 23.5 Å². The highest BCUT2D eigenvalue weighted by atomic mass is 16.3. The van der Waals surface area contributed by atoms with E-state index in [4.69, 9.17) is 5.11 Å². The zero-order chi connectivity index (χ0) is 16.1. The highest BCUT2D eigenvalue weighted by Gasteiger charge is 2.20. The number of β-amino-alcohol motifs (C(OH)–C–C–N with tert-alkyl or cyclic N) is 1. The number of fused-ring (bicyclic) bond motifs is 1. The van der Waals surface area contributed by atoms with Gasteiger partial charge in [0.05, 0.1) is 12.1 Å². The average Bonchev–Trinajstić information content (AvgIpc) is 2.60. The van der Waals surface area contributed by atoms with Gasteiger partial charge < -0.3 is 15.3 Å². The minimum atomic E-state index is -0.277. The van der Waals surface area contributed by atoms with Crippen LogP contribution in [-0.4, -0.2) is 63.9 Å². The molecule has 0 atom stereocenters. The molecule has 2 heterocycles. The Hall–Kier alpha value is -2.12. The maximum atomic E-state index is 12.2. The number of hydrogen-bond donors (Lipinski definition) is 2. The number of para-hydroxylation sites is 1. The molecule has 1 amide bonds. The monoisotopic (exact) mass is 315 g/mol. The number of carbonyl (C=O) groups excluding carboxylic acids is 1. The summed E-state index contributed by atoms with van der Waals surface area (Å²) >= 11 is 0. The van der Waals surface area contributed by atoms with Crippen molar-refractivity contribution in [3.63, 3.8) is 0 Å². The molecule has 0 aliphatic carbocycles. The Balaban J connectivity index is 1.53. The van der Waals surface area contributed by atoms with Crippen LogP contribution in [0.2, 0.25) is 0 Å². The second-order valence-corrected chi connectivity index (χ2v) is 5.84. The summed E-state index contributed by atoms with van der Waals surface area (Å²) in [5.41, 5.74) is 1.35.